The molecule has 156 valence electrons. The third-order valence-electron chi connectivity index (χ3n) is 5.26. The van der Waals surface area contributed by atoms with Crippen molar-refractivity contribution in [2.24, 2.45) is 0 Å². The summed E-state index contributed by atoms with van der Waals surface area (Å²) in [5, 5.41) is 5.07. The number of fused-ring (bicyclic) bond motifs is 1. The molecule has 0 bridgehead atoms. The van der Waals surface area contributed by atoms with E-state index in [0.29, 0.717) is 41.7 Å². The second-order valence-electron chi connectivity index (χ2n) is 7.45. The third kappa shape index (κ3) is 3.37. The van der Waals surface area contributed by atoms with E-state index in [2.05, 4.69) is 5.32 Å². The van der Waals surface area contributed by atoms with Gasteiger partial charge in [-0.2, -0.15) is 0 Å². The Morgan fingerprint density at radius 2 is 1.74 bits per heavy atom. The van der Waals surface area contributed by atoms with E-state index in [0.717, 1.165) is 16.0 Å². The van der Waals surface area contributed by atoms with E-state index in [1.807, 2.05) is 55.6 Å². The first-order chi connectivity index (χ1) is 15.0. The number of anilines is 2. The first-order valence-corrected chi connectivity index (χ1v) is 10.8. The lowest BCUT2D eigenvalue weighted by Gasteiger charge is -2.20. The average Bonchev–Trinajstić information content (AvgIpc) is 3.36. The van der Waals surface area contributed by atoms with Crippen molar-refractivity contribution in [2.75, 3.05) is 23.4 Å². The van der Waals surface area contributed by atoms with Crippen LogP contribution in [0.3, 0.4) is 0 Å². The summed E-state index contributed by atoms with van der Waals surface area (Å²) in [5.74, 6) is 0.558. The van der Waals surface area contributed by atoms with E-state index in [-0.39, 0.29) is 17.5 Å². The first kappa shape index (κ1) is 19.4. The maximum atomic E-state index is 13.5. The van der Waals surface area contributed by atoms with Crippen molar-refractivity contribution >= 4 is 40.1 Å². The lowest BCUT2D eigenvalue weighted by molar-refractivity contribution is -0.120. The minimum atomic E-state index is -0.379. The van der Waals surface area contributed by atoms with Gasteiger partial charge in [-0.25, -0.2) is 4.90 Å². The second kappa shape index (κ2) is 7.59. The standard InChI is InChI=1S/C24H20N2O4S/c1-14-5-7-17(15(2)12-14)26-23(27)21(20-4-3-11-31-20)22(24(26)28)25-16-6-8-18-19(13-16)30-10-9-29-18/h3-8,11-13,25H,9-10H2,1-2H3. The van der Waals surface area contributed by atoms with E-state index >= 15 is 0 Å². The SMILES string of the molecule is Cc1ccc(N2C(=O)C(Nc3ccc4c(c3)OCCO4)=C(c3cccs3)C2=O)c(C)c1. The number of ether oxygens (including phenoxy) is 2. The predicted molar refractivity (Wildman–Crippen MR) is 121 cm³/mol. The highest BCUT2D eigenvalue weighted by molar-refractivity contribution is 7.11. The molecule has 0 saturated heterocycles. The zero-order valence-corrected chi connectivity index (χ0v) is 17.9. The molecule has 0 aliphatic carbocycles. The van der Waals surface area contributed by atoms with Gasteiger partial charge in [0.05, 0.1) is 11.3 Å². The molecule has 0 unspecified atom stereocenters. The van der Waals surface area contributed by atoms with Crippen molar-refractivity contribution in [1.29, 1.82) is 0 Å². The third-order valence-corrected chi connectivity index (χ3v) is 6.14. The molecular formula is C24H20N2O4S. The molecule has 0 fully saturated rings. The first-order valence-electron chi connectivity index (χ1n) is 9.94. The number of amides is 2. The topological polar surface area (TPSA) is 67.9 Å². The van der Waals surface area contributed by atoms with Crippen LogP contribution in [0.4, 0.5) is 11.4 Å². The molecule has 6 nitrogen and oxygen atoms in total. The minimum absolute atomic E-state index is 0.254. The van der Waals surface area contributed by atoms with Crippen LogP contribution < -0.4 is 19.7 Å². The zero-order valence-electron chi connectivity index (χ0n) is 17.1. The lowest BCUT2D eigenvalue weighted by Crippen LogP contribution is -2.33. The van der Waals surface area contributed by atoms with E-state index in [4.69, 9.17) is 9.47 Å². The zero-order chi connectivity index (χ0) is 21.5. The molecule has 0 atom stereocenters. The number of nitrogens with one attached hydrogen (secondary N) is 1. The van der Waals surface area contributed by atoms with E-state index in [1.165, 1.54) is 16.2 Å². The normalized spacial score (nSPS) is 15.6. The fraction of sp³-hybridized carbons (Fsp3) is 0.167. The summed E-state index contributed by atoms with van der Waals surface area (Å²) in [5.41, 5.74) is 3.80. The van der Waals surface area contributed by atoms with Gasteiger partial charge in [0.15, 0.2) is 11.5 Å². The number of aryl methyl sites for hydroxylation is 2. The quantitative estimate of drug-likeness (QED) is 0.614. The molecule has 2 aromatic carbocycles. The molecule has 7 heteroatoms. The fourth-order valence-corrected chi connectivity index (χ4v) is 4.60. The van der Waals surface area contributed by atoms with Crippen LogP contribution in [0.1, 0.15) is 16.0 Å². The second-order valence-corrected chi connectivity index (χ2v) is 8.39. The van der Waals surface area contributed by atoms with Gasteiger partial charge in [0.1, 0.15) is 18.9 Å². The van der Waals surface area contributed by atoms with Crippen molar-refractivity contribution in [2.45, 2.75) is 13.8 Å². The van der Waals surface area contributed by atoms with Gasteiger partial charge in [0.25, 0.3) is 11.8 Å². The molecule has 2 amide bonds. The van der Waals surface area contributed by atoms with E-state index < -0.39 is 0 Å². The molecule has 1 aromatic heterocycles. The molecular weight excluding hydrogens is 412 g/mol. The van der Waals surface area contributed by atoms with Gasteiger partial charge < -0.3 is 14.8 Å². The highest BCUT2D eigenvalue weighted by atomic mass is 32.1. The number of imide groups is 1. The molecule has 3 heterocycles. The summed E-state index contributed by atoms with van der Waals surface area (Å²) in [7, 11) is 0. The number of hydrogen-bond acceptors (Lipinski definition) is 6. The van der Waals surface area contributed by atoms with Gasteiger partial charge in [0.2, 0.25) is 0 Å². The Bertz CT molecular complexity index is 1230. The summed E-state index contributed by atoms with van der Waals surface area (Å²) in [6.45, 7) is 4.86. The van der Waals surface area contributed by atoms with E-state index in [1.54, 1.807) is 12.1 Å². The molecule has 2 aliphatic rings. The Hall–Kier alpha value is -3.58. The number of hydrogen-bond donors (Lipinski definition) is 1. The Kier molecular flexibility index (Phi) is 4.75. The fourth-order valence-electron chi connectivity index (χ4n) is 3.84. The van der Waals surface area contributed by atoms with Crippen LogP contribution in [0, 0.1) is 13.8 Å². The number of carbonyl (C=O) groups excluding carboxylic acids is 2. The van der Waals surface area contributed by atoms with E-state index in [9.17, 15) is 9.59 Å². The number of benzene rings is 2. The molecule has 1 N–H and O–H groups in total. The van der Waals surface area contributed by atoms with Crippen LogP contribution in [0.2, 0.25) is 0 Å². The van der Waals surface area contributed by atoms with Crippen LogP contribution in [0.5, 0.6) is 11.5 Å². The van der Waals surface area contributed by atoms with Crippen molar-refractivity contribution in [3.63, 3.8) is 0 Å². The van der Waals surface area contributed by atoms with Gasteiger partial charge in [-0.15, -0.1) is 11.3 Å². The van der Waals surface area contributed by atoms with Gasteiger partial charge in [-0.1, -0.05) is 23.8 Å². The van der Waals surface area contributed by atoms with Crippen LogP contribution in [-0.4, -0.2) is 25.0 Å². The highest BCUT2D eigenvalue weighted by Crippen LogP contribution is 2.38. The van der Waals surface area contributed by atoms with Crippen LogP contribution in [0.15, 0.2) is 59.6 Å². The number of thiophene rings is 1. The monoisotopic (exact) mass is 432 g/mol. The number of carbonyl (C=O) groups is 2. The predicted octanol–water partition coefficient (Wildman–Crippen LogP) is 4.53. The molecule has 5 rings (SSSR count). The lowest BCUT2D eigenvalue weighted by atomic mass is 10.1. The smallest absolute Gasteiger partial charge is 0.282 e. The van der Waals surface area contributed by atoms with Crippen LogP contribution in [-0.2, 0) is 9.59 Å². The Morgan fingerprint density at radius 1 is 0.935 bits per heavy atom. The van der Waals surface area contributed by atoms with Gasteiger partial charge in [0, 0.05) is 16.6 Å². The van der Waals surface area contributed by atoms with Crippen molar-refractivity contribution in [3.05, 3.63) is 75.6 Å². The number of rotatable bonds is 4. The highest BCUT2D eigenvalue weighted by Gasteiger charge is 2.41. The van der Waals surface area contributed by atoms with Crippen molar-refractivity contribution < 1.29 is 19.1 Å². The summed E-state index contributed by atoms with van der Waals surface area (Å²) in [6, 6.07) is 14.8. The number of nitrogens with zero attached hydrogens (tertiary/aromatic N) is 1. The molecule has 0 saturated carbocycles. The van der Waals surface area contributed by atoms with Gasteiger partial charge in [-0.3, -0.25) is 9.59 Å². The van der Waals surface area contributed by atoms with Crippen molar-refractivity contribution in [3.8, 4) is 11.5 Å². The largest absolute Gasteiger partial charge is 0.486 e. The van der Waals surface area contributed by atoms with Crippen LogP contribution >= 0.6 is 11.3 Å². The molecule has 0 radical (unpaired) electrons. The summed E-state index contributed by atoms with van der Waals surface area (Å²) < 4.78 is 11.2. The molecule has 2 aliphatic heterocycles. The molecule has 0 spiro atoms. The van der Waals surface area contributed by atoms with Gasteiger partial charge in [-0.05, 0) is 49.1 Å². The average molecular weight is 433 g/mol. The minimum Gasteiger partial charge on any atom is -0.486 e. The molecule has 31 heavy (non-hydrogen) atoms. The maximum absolute atomic E-state index is 13.5. The summed E-state index contributed by atoms with van der Waals surface area (Å²) in [6.07, 6.45) is 0. The summed E-state index contributed by atoms with van der Waals surface area (Å²) >= 11 is 1.42. The molecule has 3 aromatic rings. The van der Waals surface area contributed by atoms with Crippen molar-refractivity contribution in [1.82, 2.24) is 0 Å². The Balaban J connectivity index is 1.57. The Labute approximate surface area is 183 Å². The summed E-state index contributed by atoms with van der Waals surface area (Å²) in [4.78, 5) is 28.9. The maximum Gasteiger partial charge on any atom is 0.282 e. The Morgan fingerprint density at radius 3 is 2.48 bits per heavy atom. The van der Waals surface area contributed by atoms with Gasteiger partial charge >= 0.3 is 0 Å². The van der Waals surface area contributed by atoms with Crippen LogP contribution in [0.25, 0.3) is 5.57 Å².